The van der Waals surface area contributed by atoms with Crippen LogP contribution in [0.5, 0.6) is 0 Å². The number of hydrogen-bond donors (Lipinski definition) is 0. The summed E-state index contributed by atoms with van der Waals surface area (Å²) >= 11 is 0. The average molecular weight is 154 g/mol. The van der Waals surface area contributed by atoms with Crippen molar-refractivity contribution in [3.05, 3.63) is 0 Å². The highest BCUT2D eigenvalue weighted by Crippen LogP contribution is 2.60. The summed E-state index contributed by atoms with van der Waals surface area (Å²) in [6.07, 6.45) is 4.20. The van der Waals surface area contributed by atoms with Gasteiger partial charge in [-0.15, -0.1) is 0 Å². The summed E-state index contributed by atoms with van der Waals surface area (Å²) in [5, 5.41) is 0. The molecule has 0 heterocycles. The molecule has 2 atom stereocenters. The first kappa shape index (κ1) is 9.09. The van der Waals surface area contributed by atoms with Gasteiger partial charge >= 0.3 is 0 Å². The van der Waals surface area contributed by atoms with Gasteiger partial charge in [0, 0.05) is 0 Å². The molecule has 0 nitrogen and oxygen atoms in total. The summed E-state index contributed by atoms with van der Waals surface area (Å²) in [6, 6.07) is 0. The topological polar surface area (TPSA) is 0 Å². The van der Waals surface area contributed by atoms with E-state index in [1.54, 1.807) is 0 Å². The lowest BCUT2D eigenvalue weighted by atomic mass is 9.47. The Kier molecular flexibility index (Phi) is 2.07. The standard InChI is InChI=1S/C11H22/c1-6-9(2)11(5)8-7-10(11,3)4/h9H,6-8H2,1-5H3. The second kappa shape index (κ2) is 2.50. The quantitative estimate of drug-likeness (QED) is 0.566. The molecule has 1 rings (SSSR count). The Hall–Kier alpha value is 0. The van der Waals surface area contributed by atoms with Crippen molar-refractivity contribution < 1.29 is 0 Å². The van der Waals surface area contributed by atoms with Crippen molar-refractivity contribution in [1.82, 2.24) is 0 Å². The molecule has 66 valence electrons. The van der Waals surface area contributed by atoms with Gasteiger partial charge in [-0.1, -0.05) is 41.0 Å². The second-order valence-electron chi connectivity index (χ2n) is 5.11. The highest BCUT2D eigenvalue weighted by molar-refractivity contribution is 5.01. The lowest BCUT2D eigenvalue weighted by molar-refractivity contribution is -0.0803. The number of rotatable bonds is 2. The first-order valence-corrected chi connectivity index (χ1v) is 4.94. The van der Waals surface area contributed by atoms with Crippen LogP contribution in [0.25, 0.3) is 0 Å². The van der Waals surface area contributed by atoms with E-state index >= 15 is 0 Å². The molecule has 0 heteroatoms. The van der Waals surface area contributed by atoms with E-state index in [9.17, 15) is 0 Å². The molecule has 0 saturated heterocycles. The molecule has 0 amide bonds. The molecule has 2 unspecified atom stereocenters. The highest BCUT2D eigenvalue weighted by Gasteiger charge is 2.51. The molecule has 0 aromatic carbocycles. The minimum atomic E-state index is 0.600. The predicted molar refractivity (Wildman–Crippen MR) is 50.6 cm³/mol. The number of hydrogen-bond acceptors (Lipinski definition) is 0. The van der Waals surface area contributed by atoms with Crippen molar-refractivity contribution in [3.63, 3.8) is 0 Å². The maximum atomic E-state index is 2.46. The Balaban J connectivity index is 2.68. The van der Waals surface area contributed by atoms with Crippen LogP contribution in [-0.2, 0) is 0 Å². The van der Waals surface area contributed by atoms with Crippen molar-refractivity contribution in [2.24, 2.45) is 16.7 Å². The van der Waals surface area contributed by atoms with Crippen LogP contribution in [0.1, 0.15) is 53.9 Å². The molecule has 0 aromatic heterocycles. The summed E-state index contributed by atoms with van der Waals surface area (Å²) in [5.41, 5.74) is 1.23. The van der Waals surface area contributed by atoms with E-state index in [2.05, 4.69) is 34.6 Å². The molecule has 0 aromatic rings. The Labute approximate surface area is 71.4 Å². The lowest BCUT2D eigenvalue weighted by Gasteiger charge is -2.58. The summed E-state index contributed by atoms with van der Waals surface area (Å²) in [4.78, 5) is 0. The Morgan fingerprint density at radius 1 is 1.18 bits per heavy atom. The van der Waals surface area contributed by atoms with Crippen molar-refractivity contribution in [2.75, 3.05) is 0 Å². The van der Waals surface area contributed by atoms with Gasteiger partial charge < -0.3 is 0 Å². The summed E-state index contributed by atoms with van der Waals surface area (Å²) in [6.45, 7) is 12.0. The summed E-state index contributed by atoms with van der Waals surface area (Å²) < 4.78 is 0. The van der Waals surface area contributed by atoms with Gasteiger partial charge in [0.25, 0.3) is 0 Å². The normalized spacial score (nSPS) is 37.9. The Morgan fingerprint density at radius 3 is 1.82 bits per heavy atom. The van der Waals surface area contributed by atoms with Crippen LogP contribution in [0.4, 0.5) is 0 Å². The van der Waals surface area contributed by atoms with Gasteiger partial charge in [0.15, 0.2) is 0 Å². The van der Waals surface area contributed by atoms with Crippen LogP contribution < -0.4 is 0 Å². The third-order valence-electron chi connectivity index (χ3n) is 4.52. The zero-order chi connectivity index (χ0) is 8.70. The van der Waals surface area contributed by atoms with Gasteiger partial charge in [0.1, 0.15) is 0 Å². The first-order valence-electron chi connectivity index (χ1n) is 4.94. The molecule has 0 N–H and O–H groups in total. The molecule has 11 heavy (non-hydrogen) atoms. The fourth-order valence-electron chi connectivity index (χ4n) is 2.38. The van der Waals surface area contributed by atoms with Gasteiger partial charge in [-0.25, -0.2) is 0 Å². The first-order chi connectivity index (χ1) is 4.94. The van der Waals surface area contributed by atoms with Crippen LogP contribution >= 0.6 is 0 Å². The van der Waals surface area contributed by atoms with Crippen molar-refractivity contribution in [1.29, 1.82) is 0 Å². The van der Waals surface area contributed by atoms with Gasteiger partial charge in [0.2, 0.25) is 0 Å². The molecular weight excluding hydrogens is 132 g/mol. The lowest BCUT2D eigenvalue weighted by Crippen LogP contribution is -2.49. The minimum Gasteiger partial charge on any atom is -0.0651 e. The smallest absolute Gasteiger partial charge is 0.0249 e. The van der Waals surface area contributed by atoms with Crippen molar-refractivity contribution in [3.8, 4) is 0 Å². The highest BCUT2D eigenvalue weighted by atomic mass is 14.6. The fourth-order valence-corrected chi connectivity index (χ4v) is 2.38. The van der Waals surface area contributed by atoms with Crippen molar-refractivity contribution >= 4 is 0 Å². The van der Waals surface area contributed by atoms with E-state index in [1.165, 1.54) is 19.3 Å². The SMILES string of the molecule is CCC(C)C1(C)CCC1(C)C. The van der Waals surface area contributed by atoms with Crippen LogP contribution in [0.15, 0.2) is 0 Å². The Bertz CT molecular complexity index is 146. The molecular formula is C11H22. The Morgan fingerprint density at radius 2 is 1.73 bits per heavy atom. The molecule has 0 aliphatic heterocycles. The average Bonchev–Trinajstić information content (AvgIpc) is 1.99. The van der Waals surface area contributed by atoms with Gasteiger partial charge in [-0.3, -0.25) is 0 Å². The van der Waals surface area contributed by atoms with E-state index in [1.807, 2.05) is 0 Å². The van der Waals surface area contributed by atoms with Gasteiger partial charge in [-0.05, 0) is 29.6 Å². The fraction of sp³-hybridized carbons (Fsp3) is 1.00. The van der Waals surface area contributed by atoms with Crippen LogP contribution in [-0.4, -0.2) is 0 Å². The zero-order valence-corrected chi connectivity index (χ0v) is 8.70. The van der Waals surface area contributed by atoms with E-state index in [-0.39, 0.29) is 0 Å². The molecule has 1 fully saturated rings. The summed E-state index contributed by atoms with van der Waals surface area (Å²) in [5.74, 6) is 0.895. The third kappa shape index (κ3) is 1.11. The molecule has 0 radical (unpaired) electrons. The maximum absolute atomic E-state index is 2.46. The molecule has 1 aliphatic carbocycles. The van der Waals surface area contributed by atoms with Crippen LogP contribution in [0, 0.1) is 16.7 Å². The summed E-state index contributed by atoms with van der Waals surface area (Å²) in [7, 11) is 0. The van der Waals surface area contributed by atoms with Crippen LogP contribution in [0.3, 0.4) is 0 Å². The molecule has 0 spiro atoms. The van der Waals surface area contributed by atoms with E-state index < -0.39 is 0 Å². The predicted octanol–water partition coefficient (Wildman–Crippen LogP) is 3.86. The molecule has 0 bridgehead atoms. The maximum Gasteiger partial charge on any atom is -0.0249 e. The minimum absolute atomic E-state index is 0.600. The largest absolute Gasteiger partial charge is 0.0651 e. The molecule has 1 saturated carbocycles. The van der Waals surface area contributed by atoms with E-state index in [0.717, 1.165) is 5.92 Å². The van der Waals surface area contributed by atoms with Crippen LogP contribution in [0.2, 0.25) is 0 Å². The third-order valence-corrected chi connectivity index (χ3v) is 4.52. The van der Waals surface area contributed by atoms with E-state index in [0.29, 0.717) is 10.8 Å². The van der Waals surface area contributed by atoms with Gasteiger partial charge in [0.05, 0.1) is 0 Å². The second-order valence-corrected chi connectivity index (χ2v) is 5.11. The van der Waals surface area contributed by atoms with E-state index in [4.69, 9.17) is 0 Å². The zero-order valence-electron chi connectivity index (χ0n) is 8.70. The van der Waals surface area contributed by atoms with Crippen molar-refractivity contribution in [2.45, 2.75) is 53.9 Å². The van der Waals surface area contributed by atoms with Gasteiger partial charge in [-0.2, -0.15) is 0 Å². The molecule has 1 aliphatic rings. The monoisotopic (exact) mass is 154 g/mol.